The smallest absolute Gasteiger partial charge is 0.239 e. The summed E-state index contributed by atoms with van der Waals surface area (Å²) >= 11 is 6.03. The average Bonchev–Trinajstić information content (AvgIpc) is 3.04. The Labute approximate surface area is 165 Å². The number of carbonyl (C=O) groups is 1. The molecule has 1 aliphatic heterocycles. The number of aryl methyl sites for hydroxylation is 1. The maximum absolute atomic E-state index is 13.7. The van der Waals surface area contributed by atoms with E-state index in [4.69, 9.17) is 17.3 Å². The van der Waals surface area contributed by atoms with Crippen LogP contribution in [0, 0.1) is 11.6 Å². The molecule has 146 valence electrons. The van der Waals surface area contributed by atoms with E-state index in [1.807, 2.05) is 12.1 Å². The summed E-state index contributed by atoms with van der Waals surface area (Å²) < 4.78 is 29.1. The number of carbonyl (C=O) groups excluding carboxylic acids is 1. The van der Waals surface area contributed by atoms with Crippen LogP contribution in [-0.2, 0) is 24.3 Å². The van der Waals surface area contributed by atoms with Gasteiger partial charge < -0.3 is 15.2 Å². The van der Waals surface area contributed by atoms with E-state index in [0.29, 0.717) is 24.7 Å². The fourth-order valence-corrected chi connectivity index (χ4v) is 3.75. The van der Waals surface area contributed by atoms with Crippen molar-refractivity contribution in [3.05, 3.63) is 64.4 Å². The Hall–Kier alpha value is -2.51. The van der Waals surface area contributed by atoms with Gasteiger partial charge in [-0.3, -0.25) is 4.79 Å². The van der Waals surface area contributed by atoms with E-state index in [-0.39, 0.29) is 24.3 Å². The van der Waals surface area contributed by atoms with Gasteiger partial charge in [0.15, 0.2) is 0 Å². The third-order valence-electron chi connectivity index (χ3n) is 5.08. The zero-order chi connectivity index (χ0) is 19.8. The van der Waals surface area contributed by atoms with Crippen LogP contribution >= 0.6 is 11.6 Å². The molecule has 1 aromatic heterocycles. The first-order chi connectivity index (χ1) is 13.4. The first-order valence-electron chi connectivity index (χ1n) is 9.05. The zero-order valence-electron chi connectivity index (χ0n) is 15.0. The minimum absolute atomic E-state index is 0.196. The molecule has 2 heterocycles. The topological polar surface area (TPSA) is 64.2 Å². The molecule has 3 aromatic rings. The Kier molecular flexibility index (Phi) is 5.03. The van der Waals surface area contributed by atoms with E-state index in [0.717, 1.165) is 35.1 Å². The van der Waals surface area contributed by atoms with Gasteiger partial charge in [0.1, 0.15) is 17.5 Å². The maximum Gasteiger partial charge on any atom is 0.239 e. The fourth-order valence-electron chi connectivity index (χ4n) is 3.59. The third kappa shape index (κ3) is 3.59. The Morgan fingerprint density at radius 1 is 1.21 bits per heavy atom. The van der Waals surface area contributed by atoms with Gasteiger partial charge in [-0.25, -0.2) is 13.8 Å². The Bertz CT molecular complexity index is 1050. The molecule has 0 spiro atoms. The molecule has 8 heteroatoms. The van der Waals surface area contributed by atoms with Gasteiger partial charge in [0, 0.05) is 18.1 Å². The van der Waals surface area contributed by atoms with E-state index >= 15 is 0 Å². The number of fused-ring (bicyclic) bond motifs is 3. The molecule has 0 saturated carbocycles. The minimum atomic E-state index is -0.784. The van der Waals surface area contributed by atoms with Crippen LogP contribution in [0.4, 0.5) is 8.78 Å². The number of benzene rings is 2. The van der Waals surface area contributed by atoms with Gasteiger partial charge in [0.2, 0.25) is 5.91 Å². The number of imidazole rings is 1. The van der Waals surface area contributed by atoms with Gasteiger partial charge >= 0.3 is 0 Å². The number of nitrogens with two attached hydrogens (primary N) is 1. The van der Waals surface area contributed by atoms with Crippen LogP contribution in [0.3, 0.4) is 0 Å². The molecular formula is C20H19ClF2N4O. The molecule has 1 atom stereocenters. The molecule has 2 aromatic carbocycles. The van der Waals surface area contributed by atoms with Crippen LogP contribution in [0.5, 0.6) is 0 Å². The van der Waals surface area contributed by atoms with Gasteiger partial charge in [-0.1, -0.05) is 11.6 Å². The largest absolute Gasteiger partial charge is 0.332 e. The second kappa shape index (κ2) is 7.48. The van der Waals surface area contributed by atoms with Crippen LogP contribution in [0.25, 0.3) is 11.0 Å². The Balaban J connectivity index is 1.44. The highest BCUT2D eigenvalue weighted by atomic mass is 35.5. The molecule has 0 unspecified atom stereocenters. The van der Waals surface area contributed by atoms with Crippen LogP contribution < -0.4 is 5.73 Å². The van der Waals surface area contributed by atoms with Crippen molar-refractivity contribution >= 4 is 28.5 Å². The molecule has 1 amide bonds. The molecule has 0 bridgehead atoms. The van der Waals surface area contributed by atoms with Crippen molar-refractivity contribution in [1.82, 2.24) is 14.5 Å². The van der Waals surface area contributed by atoms with E-state index in [1.54, 1.807) is 11.0 Å². The summed E-state index contributed by atoms with van der Waals surface area (Å²) in [7, 11) is 0. The van der Waals surface area contributed by atoms with Gasteiger partial charge in [-0.05, 0) is 54.8 Å². The molecule has 2 N–H and O–H groups in total. The van der Waals surface area contributed by atoms with Crippen LogP contribution in [0.2, 0.25) is 5.02 Å². The first-order valence-corrected chi connectivity index (χ1v) is 9.43. The van der Waals surface area contributed by atoms with E-state index < -0.39 is 17.7 Å². The lowest BCUT2D eigenvalue weighted by Crippen LogP contribution is -2.47. The highest BCUT2D eigenvalue weighted by Crippen LogP contribution is 2.24. The van der Waals surface area contributed by atoms with Crippen molar-refractivity contribution < 1.29 is 13.6 Å². The number of rotatable bonds is 4. The number of nitrogens with zero attached hydrogens (tertiary/aromatic N) is 3. The van der Waals surface area contributed by atoms with Gasteiger partial charge in [0.25, 0.3) is 0 Å². The highest BCUT2D eigenvalue weighted by Gasteiger charge is 2.27. The van der Waals surface area contributed by atoms with Crippen molar-refractivity contribution in [1.29, 1.82) is 0 Å². The first kappa shape index (κ1) is 18.8. The van der Waals surface area contributed by atoms with Gasteiger partial charge in [0.05, 0.1) is 23.6 Å². The maximum atomic E-state index is 13.7. The second-order valence-corrected chi connectivity index (χ2v) is 7.39. The van der Waals surface area contributed by atoms with Gasteiger partial charge in [-0.2, -0.15) is 0 Å². The number of amides is 1. The standard InChI is InChI=1S/C20H19ClF2N4O/c21-13-2-6-18-17(10-13)25-19-11-26(7-8-27(18)19)20(28)16(24)5-1-12-9-14(22)3-4-15(12)23/h2-4,6,9-10,16H,1,5,7-8,11,24H2/t16-/m1/s1. The SMILES string of the molecule is N[C@H](CCc1cc(F)ccc1F)C(=O)N1CCn2c(nc3cc(Cl)ccc32)C1. The van der Waals surface area contributed by atoms with Crippen LogP contribution in [0.15, 0.2) is 36.4 Å². The van der Waals surface area contributed by atoms with E-state index in [1.165, 1.54) is 0 Å². The van der Waals surface area contributed by atoms with E-state index in [9.17, 15) is 13.6 Å². The Morgan fingerprint density at radius 3 is 2.86 bits per heavy atom. The lowest BCUT2D eigenvalue weighted by Gasteiger charge is -2.30. The molecular weight excluding hydrogens is 386 g/mol. The zero-order valence-corrected chi connectivity index (χ0v) is 15.8. The van der Waals surface area contributed by atoms with Crippen LogP contribution in [0.1, 0.15) is 17.8 Å². The lowest BCUT2D eigenvalue weighted by atomic mass is 10.0. The summed E-state index contributed by atoms with van der Waals surface area (Å²) in [5, 5.41) is 0.613. The molecule has 0 saturated heterocycles. The normalized spacial score (nSPS) is 14.9. The van der Waals surface area contributed by atoms with Crippen molar-refractivity contribution in [3.63, 3.8) is 0 Å². The molecule has 0 radical (unpaired) electrons. The molecule has 4 rings (SSSR count). The molecule has 1 aliphatic rings. The number of aromatic nitrogens is 2. The fraction of sp³-hybridized carbons (Fsp3) is 0.300. The number of hydrogen-bond acceptors (Lipinski definition) is 3. The summed E-state index contributed by atoms with van der Waals surface area (Å²) in [6, 6.07) is 8.04. The summed E-state index contributed by atoms with van der Waals surface area (Å²) in [6.07, 6.45) is 0.434. The lowest BCUT2D eigenvalue weighted by molar-refractivity contribution is -0.134. The highest BCUT2D eigenvalue weighted by molar-refractivity contribution is 6.31. The second-order valence-electron chi connectivity index (χ2n) is 6.95. The predicted molar refractivity (Wildman–Crippen MR) is 103 cm³/mol. The predicted octanol–water partition coefficient (Wildman–Crippen LogP) is 3.27. The summed E-state index contributed by atoms with van der Waals surface area (Å²) in [6.45, 7) is 1.49. The van der Waals surface area contributed by atoms with Crippen molar-refractivity contribution in [2.24, 2.45) is 5.73 Å². The van der Waals surface area contributed by atoms with Crippen molar-refractivity contribution in [2.45, 2.75) is 32.0 Å². The molecule has 0 fully saturated rings. The number of halogens is 3. The minimum Gasteiger partial charge on any atom is -0.332 e. The van der Waals surface area contributed by atoms with Gasteiger partial charge in [-0.15, -0.1) is 0 Å². The Morgan fingerprint density at radius 2 is 2.04 bits per heavy atom. The summed E-state index contributed by atoms with van der Waals surface area (Å²) in [4.78, 5) is 19.0. The third-order valence-corrected chi connectivity index (χ3v) is 5.31. The van der Waals surface area contributed by atoms with E-state index in [2.05, 4.69) is 9.55 Å². The summed E-state index contributed by atoms with van der Waals surface area (Å²) in [5.41, 5.74) is 8.05. The van der Waals surface area contributed by atoms with Crippen molar-refractivity contribution in [2.75, 3.05) is 6.54 Å². The molecule has 0 aliphatic carbocycles. The monoisotopic (exact) mass is 404 g/mol. The molecule has 28 heavy (non-hydrogen) atoms. The van der Waals surface area contributed by atoms with Crippen molar-refractivity contribution in [3.8, 4) is 0 Å². The van der Waals surface area contributed by atoms with Crippen LogP contribution in [-0.4, -0.2) is 32.9 Å². The number of hydrogen-bond donors (Lipinski definition) is 1. The molecule has 5 nitrogen and oxygen atoms in total. The quantitative estimate of drug-likeness (QED) is 0.725. The average molecular weight is 405 g/mol. The summed E-state index contributed by atoms with van der Waals surface area (Å²) in [5.74, 6) is -0.439.